The molecule has 3 nitrogen and oxygen atoms in total. The summed E-state index contributed by atoms with van der Waals surface area (Å²) in [6.45, 7) is 1.92. The summed E-state index contributed by atoms with van der Waals surface area (Å²) >= 11 is 0. The van der Waals surface area contributed by atoms with Gasteiger partial charge in [-0.2, -0.15) is 0 Å². The molecule has 0 fully saturated rings. The lowest BCUT2D eigenvalue weighted by atomic mass is 9.77. The Morgan fingerprint density at radius 2 is 2.29 bits per heavy atom. The summed E-state index contributed by atoms with van der Waals surface area (Å²) in [5.41, 5.74) is 2.21. The quantitative estimate of drug-likeness (QED) is 0.799. The zero-order valence-electron chi connectivity index (χ0n) is 10.3. The van der Waals surface area contributed by atoms with E-state index in [1.54, 1.807) is 6.07 Å². The van der Waals surface area contributed by atoms with Crippen LogP contribution in [0.1, 0.15) is 24.5 Å². The Balaban J connectivity index is 2.16. The second kappa shape index (κ2) is 4.78. The first-order valence-electron chi connectivity index (χ1n) is 6.01. The molecule has 1 aliphatic carbocycles. The summed E-state index contributed by atoms with van der Waals surface area (Å²) in [5.74, 6) is 0.484. The number of aromatic hydroxyl groups is 1. The molecule has 0 saturated carbocycles. The minimum absolute atomic E-state index is 0.0736. The fourth-order valence-corrected chi connectivity index (χ4v) is 2.62. The largest absolute Gasteiger partial charge is 0.508 e. The molecular weight excluding hydrogens is 216 g/mol. The Morgan fingerprint density at radius 3 is 3.00 bits per heavy atom. The molecule has 3 heteroatoms. The van der Waals surface area contributed by atoms with Crippen molar-refractivity contribution in [3.8, 4) is 5.75 Å². The maximum atomic E-state index is 11.5. The highest BCUT2D eigenvalue weighted by molar-refractivity contribution is 5.72. The van der Waals surface area contributed by atoms with E-state index in [2.05, 4.69) is 0 Å². The van der Waals surface area contributed by atoms with Gasteiger partial charge in [-0.25, -0.2) is 0 Å². The molecule has 0 aromatic heterocycles. The van der Waals surface area contributed by atoms with Crippen LogP contribution >= 0.6 is 0 Å². The number of rotatable bonds is 2. The number of hydrogen-bond acceptors (Lipinski definition) is 3. The molecule has 0 radical (unpaired) electrons. The summed E-state index contributed by atoms with van der Waals surface area (Å²) in [6.07, 6.45) is 2.62. The van der Waals surface area contributed by atoms with Gasteiger partial charge in [0.15, 0.2) is 0 Å². The first-order valence-corrected chi connectivity index (χ1v) is 6.01. The third-order valence-corrected chi connectivity index (χ3v) is 3.78. The number of carbonyl (C=O) groups excluding carboxylic acids is 1. The zero-order chi connectivity index (χ0) is 12.4. The van der Waals surface area contributed by atoms with E-state index in [1.807, 2.05) is 19.1 Å². The first-order chi connectivity index (χ1) is 8.13. The van der Waals surface area contributed by atoms with Gasteiger partial charge >= 0.3 is 5.97 Å². The average Bonchev–Trinajstić information content (AvgIpc) is 2.37. The standard InChI is InChI=1S/C14H18O3/c1-9(14(16)17-2)10-6-7-12-11(8-10)4-3-5-13(12)15/h3-5,9-10,15H,6-8H2,1-2H3. The van der Waals surface area contributed by atoms with E-state index in [0.29, 0.717) is 11.7 Å². The molecule has 2 atom stereocenters. The summed E-state index contributed by atoms with van der Waals surface area (Å²) in [7, 11) is 1.43. The zero-order valence-corrected chi connectivity index (χ0v) is 10.3. The maximum Gasteiger partial charge on any atom is 0.308 e. The number of phenols is 1. The normalized spacial score (nSPS) is 20.5. The van der Waals surface area contributed by atoms with Crippen LogP contribution in [0.25, 0.3) is 0 Å². The highest BCUT2D eigenvalue weighted by Crippen LogP contribution is 2.34. The van der Waals surface area contributed by atoms with Gasteiger partial charge in [0, 0.05) is 0 Å². The van der Waals surface area contributed by atoms with Crippen LogP contribution in [-0.4, -0.2) is 18.2 Å². The van der Waals surface area contributed by atoms with Gasteiger partial charge in [-0.05, 0) is 42.4 Å². The maximum absolute atomic E-state index is 11.5. The van der Waals surface area contributed by atoms with Crippen molar-refractivity contribution >= 4 is 5.97 Å². The fourth-order valence-electron chi connectivity index (χ4n) is 2.62. The Morgan fingerprint density at radius 1 is 1.53 bits per heavy atom. The Bertz CT molecular complexity index is 425. The van der Waals surface area contributed by atoms with Crippen molar-refractivity contribution in [1.82, 2.24) is 0 Å². The van der Waals surface area contributed by atoms with Crippen LogP contribution in [0, 0.1) is 11.8 Å². The lowest BCUT2D eigenvalue weighted by molar-refractivity contribution is -0.146. The number of methoxy groups -OCH3 is 1. The van der Waals surface area contributed by atoms with Gasteiger partial charge in [0.1, 0.15) is 5.75 Å². The predicted molar refractivity (Wildman–Crippen MR) is 64.8 cm³/mol. The molecular formula is C14H18O3. The lowest BCUT2D eigenvalue weighted by Gasteiger charge is -2.28. The van der Waals surface area contributed by atoms with Crippen LogP contribution in [0.5, 0.6) is 5.75 Å². The number of phenolic OH excluding ortho intramolecular Hbond substituents is 1. The predicted octanol–water partition coefficient (Wildman–Crippen LogP) is 2.31. The van der Waals surface area contributed by atoms with Gasteiger partial charge in [0.05, 0.1) is 13.0 Å². The second-order valence-electron chi connectivity index (χ2n) is 4.73. The first kappa shape index (κ1) is 12.0. The van der Waals surface area contributed by atoms with Crippen LogP contribution in [0.3, 0.4) is 0 Å². The van der Waals surface area contributed by atoms with Crippen LogP contribution in [0.2, 0.25) is 0 Å². The van der Waals surface area contributed by atoms with Crippen molar-refractivity contribution in [3.05, 3.63) is 29.3 Å². The SMILES string of the molecule is COC(=O)C(C)C1CCc2c(O)cccc2C1. The highest BCUT2D eigenvalue weighted by atomic mass is 16.5. The average molecular weight is 234 g/mol. The van der Waals surface area contributed by atoms with Gasteiger partial charge in [-0.3, -0.25) is 4.79 Å². The lowest BCUT2D eigenvalue weighted by Crippen LogP contribution is -2.27. The molecule has 0 heterocycles. The minimum Gasteiger partial charge on any atom is -0.508 e. The van der Waals surface area contributed by atoms with E-state index in [9.17, 15) is 9.90 Å². The monoisotopic (exact) mass is 234 g/mol. The van der Waals surface area contributed by atoms with E-state index in [-0.39, 0.29) is 11.9 Å². The number of benzene rings is 1. The van der Waals surface area contributed by atoms with Gasteiger partial charge in [-0.1, -0.05) is 19.1 Å². The molecule has 0 saturated heterocycles. The Kier molecular flexibility index (Phi) is 3.36. The molecule has 1 N–H and O–H groups in total. The summed E-state index contributed by atoms with van der Waals surface area (Å²) in [6, 6.07) is 5.62. The van der Waals surface area contributed by atoms with E-state index in [0.717, 1.165) is 30.4 Å². The van der Waals surface area contributed by atoms with Gasteiger partial charge in [0.2, 0.25) is 0 Å². The topological polar surface area (TPSA) is 46.5 Å². The molecule has 0 spiro atoms. The van der Waals surface area contributed by atoms with Crippen molar-refractivity contribution in [2.75, 3.05) is 7.11 Å². The number of hydrogen-bond donors (Lipinski definition) is 1. The van der Waals surface area contributed by atoms with Gasteiger partial charge in [-0.15, -0.1) is 0 Å². The van der Waals surface area contributed by atoms with Gasteiger partial charge in [0.25, 0.3) is 0 Å². The van der Waals surface area contributed by atoms with Crippen LogP contribution in [0.15, 0.2) is 18.2 Å². The Labute approximate surface area is 101 Å². The molecule has 0 bridgehead atoms. The number of ether oxygens (including phenoxy) is 1. The second-order valence-corrected chi connectivity index (χ2v) is 4.73. The molecule has 92 valence electrons. The highest BCUT2D eigenvalue weighted by Gasteiger charge is 2.29. The van der Waals surface area contributed by atoms with Crippen LogP contribution < -0.4 is 0 Å². The smallest absolute Gasteiger partial charge is 0.308 e. The number of carbonyl (C=O) groups is 1. The van der Waals surface area contributed by atoms with Crippen molar-refractivity contribution in [2.24, 2.45) is 11.8 Å². The number of fused-ring (bicyclic) bond motifs is 1. The summed E-state index contributed by atoms with van der Waals surface area (Å²) in [4.78, 5) is 11.5. The molecule has 2 unspecified atom stereocenters. The number of esters is 1. The molecule has 1 aliphatic rings. The molecule has 0 amide bonds. The molecule has 1 aromatic carbocycles. The Hall–Kier alpha value is -1.51. The van der Waals surface area contributed by atoms with Crippen molar-refractivity contribution < 1.29 is 14.6 Å². The van der Waals surface area contributed by atoms with E-state index >= 15 is 0 Å². The van der Waals surface area contributed by atoms with Crippen LogP contribution in [-0.2, 0) is 22.4 Å². The fraction of sp³-hybridized carbons (Fsp3) is 0.500. The molecule has 1 aromatic rings. The molecule has 0 aliphatic heterocycles. The third-order valence-electron chi connectivity index (χ3n) is 3.78. The van der Waals surface area contributed by atoms with E-state index in [1.165, 1.54) is 7.11 Å². The summed E-state index contributed by atoms with van der Waals surface area (Å²) < 4.78 is 4.79. The van der Waals surface area contributed by atoms with Crippen molar-refractivity contribution in [3.63, 3.8) is 0 Å². The van der Waals surface area contributed by atoms with Crippen molar-refractivity contribution in [2.45, 2.75) is 26.2 Å². The minimum atomic E-state index is -0.140. The van der Waals surface area contributed by atoms with E-state index in [4.69, 9.17) is 4.74 Å². The molecule has 17 heavy (non-hydrogen) atoms. The van der Waals surface area contributed by atoms with Gasteiger partial charge < -0.3 is 9.84 Å². The van der Waals surface area contributed by atoms with E-state index < -0.39 is 0 Å². The summed E-state index contributed by atoms with van der Waals surface area (Å²) in [5, 5.41) is 9.74. The third kappa shape index (κ3) is 2.28. The van der Waals surface area contributed by atoms with Crippen molar-refractivity contribution in [1.29, 1.82) is 0 Å². The van der Waals surface area contributed by atoms with Crippen LogP contribution in [0.4, 0.5) is 0 Å². The molecule has 2 rings (SSSR count).